The van der Waals surface area contributed by atoms with Gasteiger partial charge < -0.3 is 9.47 Å². The van der Waals surface area contributed by atoms with Gasteiger partial charge in [0.15, 0.2) is 0 Å². The number of aromatic nitrogens is 2. The van der Waals surface area contributed by atoms with Crippen molar-refractivity contribution in [3.05, 3.63) is 42.2 Å². The Hall–Kier alpha value is -1.90. The Kier molecular flexibility index (Phi) is 5.21. The summed E-state index contributed by atoms with van der Waals surface area (Å²) in [6, 6.07) is 7.69. The summed E-state index contributed by atoms with van der Waals surface area (Å²) in [6.45, 7) is 1.90. The number of nitrogens with zero attached hydrogens (tertiary/aromatic N) is 3. The highest BCUT2D eigenvalue weighted by Gasteiger charge is 2.37. The van der Waals surface area contributed by atoms with Crippen LogP contribution in [0, 0.1) is 0 Å². The summed E-state index contributed by atoms with van der Waals surface area (Å²) in [4.78, 5) is 0.267. The molecule has 2 fully saturated rings. The lowest BCUT2D eigenvalue weighted by Crippen LogP contribution is -2.30. The monoisotopic (exact) mass is 391 g/mol. The molecule has 0 radical (unpaired) electrons. The van der Waals surface area contributed by atoms with Crippen LogP contribution in [-0.4, -0.2) is 49.4 Å². The number of hydrogen-bond acceptors (Lipinski definition) is 5. The van der Waals surface area contributed by atoms with Crippen molar-refractivity contribution in [3.8, 4) is 5.75 Å². The molecule has 3 heterocycles. The normalized spacial score (nSPS) is 22.2. The van der Waals surface area contributed by atoms with Crippen molar-refractivity contribution in [2.45, 2.75) is 42.7 Å². The molecule has 2 aliphatic heterocycles. The first-order valence-corrected chi connectivity index (χ1v) is 10.8. The molecule has 0 aliphatic carbocycles. The van der Waals surface area contributed by atoms with Gasteiger partial charge in [0.25, 0.3) is 0 Å². The summed E-state index contributed by atoms with van der Waals surface area (Å²) in [5.74, 6) is 0.740. The number of rotatable bonds is 5. The molecule has 2 aromatic rings. The van der Waals surface area contributed by atoms with E-state index in [9.17, 15) is 8.42 Å². The molecule has 2 saturated heterocycles. The molecule has 0 bridgehead atoms. The summed E-state index contributed by atoms with van der Waals surface area (Å²) in [7, 11) is -1.98. The molecule has 8 heteroatoms. The van der Waals surface area contributed by atoms with E-state index in [-0.39, 0.29) is 17.0 Å². The van der Waals surface area contributed by atoms with Gasteiger partial charge in [0.2, 0.25) is 10.0 Å². The van der Waals surface area contributed by atoms with E-state index in [1.807, 2.05) is 24.3 Å². The van der Waals surface area contributed by atoms with E-state index in [1.165, 1.54) is 6.20 Å². The molecule has 1 atom stereocenters. The highest BCUT2D eigenvalue weighted by molar-refractivity contribution is 7.89. The Bertz CT molecular complexity index is 890. The minimum absolute atomic E-state index is 0.170. The Morgan fingerprint density at radius 2 is 2.04 bits per heavy atom. The largest absolute Gasteiger partial charge is 0.497 e. The molecular formula is C19H25N3O4S. The molecule has 27 heavy (non-hydrogen) atoms. The molecule has 146 valence electrons. The average Bonchev–Trinajstić information content (AvgIpc) is 3.39. The zero-order valence-electron chi connectivity index (χ0n) is 15.5. The number of ether oxygens (including phenoxy) is 2. The summed E-state index contributed by atoms with van der Waals surface area (Å²) in [5.41, 5.74) is 0.965. The van der Waals surface area contributed by atoms with Gasteiger partial charge in [0.05, 0.1) is 25.4 Å². The SMILES string of the molecule is COc1cccc([C@@H]2CCCN2S(=O)(=O)c2cnn(C3CCOCC3)c2)c1. The Morgan fingerprint density at radius 1 is 1.22 bits per heavy atom. The molecule has 4 rings (SSSR count). The van der Waals surface area contributed by atoms with Gasteiger partial charge in [-0.25, -0.2) is 8.42 Å². The maximum absolute atomic E-state index is 13.3. The quantitative estimate of drug-likeness (QED) is 0.784. The van der Waals surface area contributed by atoms with Gasteiger partial charge >= 0.3 is 0 Å². The van der Waals surface area contributed by atoms with Crippen LogP contribution in [0.3, 0.4) is 0 Å². The molecule has 1 aromatic carbocycles. The lowest BCUT2D eigenvalue weighted by atomic mass is 10.1. The number of methoxy groups -OCH3 is 1. The predicted octanol–water partition coefficient (Wildman–Crippen LogP) is 2.77. The fourth-order valence-electron chi connectivity index (χ4n) is 3.95. The molecular weight excluding hydrogens is 366 g/mol. The minimum atomic E-state index is -3.60. The van der Waals surface area contributed by atoms with E-state index in [4.69, 9.17) is 9.47 Å². The van der Waals surface area contributed by atoms with Crippen molar-refractivity contribution in [2.24, 2.45) is 0 Å². The topological polar surface area (TPSA) is 73.7 Å². The van der Waals surface area contributed by atoms with Gasteiger partial charge in [-0.05, 0) is 43.4 Å². The van der Waals surface area contributed by atoms with Crippen molar-refractivity contribution >= 4 is 10.0 Å². The van der Waals surface area contributed by atoms with Gasteiger partial charge in [-0.2, -0.15) is 9.40 Å². The van der Waals surface area contributed by atoms with Crippen LogP contribution < -0.4 is 4.74 Å². The summed E-state index contributed by atoms with van der Waals surface area (Å²) < 4.78 is 40.6. The van der Waals surface area contributed by atoms with Crippen molar-refractivity contribution in [2.75, 3.05) is 26.9 Å². The van der Waals surface area contributed by atoms with Gasteiger partial charge in [0.1, 0.15) is 10.6 Å². The van der Waals surface area contributed by atoms with Gasteiger partial charge in [0, 0.05) is 26.0 Å². The van der Waals surface area contributed by atoms with E-state index in [0.29, 0.717) is 19.8 Å². The molecule has 0 N–H and O–H groups in total. The van der Waals surface area contributed by atoms with Crippen LogP contribution in [0.2, 0.25) is 0 Å². The highest BCUT2D eigenvalue weighted by atomic mass is 32.2. The lowest BCUT2D eigenvalue weighted by molar-refractivity contribution is 0.0662. The molecule has 0 unspecified atom stereocenters. The van der Waals surface area contributed by atoms with Crippen molar-refractivity contribution in [1.82, 2.24) is 14.1 Å². The van der Waals surface area contributed by atoms with Gasteiger partial charge in [-0.15, -0.1) is 0 Å². The highest BCUT2D eigenvalue weighted by Crippen LogP contribution is 2.37. The molecule has 2 aliphatic rings. The molecule has 1 aromatic heterocycles. The minimum Gasteiger partial charge on any atom is -0.497 e. The maximum atomic E-state index is 13.3. The van der Waals surface area contributed by atoms with E-state index in [2.05, 4.69) is 5.10 Å². The first-order chi connectivity index (χ1) is 13.1. The zero-order chi connectivity index (χ0) is 18.9. The number of benzene rings is 1. The summed E-state index contributed by atoms with van der Waals surface area (Å²) >= 11 is 0. The molecule has 0 amide bonds. The Balaban J connectivity index is 1.59. The van der Waals surface area contributed by atoms with Crippen LogP contribution in [0.15, 0.2) is 41.6 Å². The van der Waals surface area contributed by atoms with E-state index >= 15 is 0 Å². The van der Waals surface area contributed by atoms with Crippen molar-refractivity contribution in [3.63, 3.8) is 0 Å². The van der Waals surface area contributed by atoms with Crippen LogP contribution in [0.4, 0.5) is 0 Å². The second kappa shape index (κ2) is 7.61. The zero-order valence-corrected chi connectivity index (χ0v) is 16.3. The third kappa shape index (κ3) is 3.61. The summed E-state index contributed by atoms with van der Waals surface area (Å²) in [5, 5.41) is 4.34. The van der Waals surface area contributed by atoms with E-state index in [1.54, 1.807) is 22.3 Å². The Labute approximate surface area is 159 Å². The van der Waals surface area contributed by atoms with Crippen LogP contribution in [-0.2, 0) is 14.8 Å². The van der Waals surface area contributed by atoms with E-state index < -0.39 is 10.0 Å². The second-order valence-corrected chi connectivity index (χ2v) is 8.94. The van der Waals surface area contributed by atoms with Crippen LogP contribution >= 0.6 is 0 Å². The second-order valence-electron chi connectivity index (χ2n) is 7.05. The fourth-order valence-corrected chi connectivity index (χ4v) is 5.57. The summed E-state index contributed by atoms with van der Waals surface area (Å²) in [6.07, 6.45) is 6.52. The predicted molar refractivity (Wildman–Crippen MR) is 100 cm³/mol. The number of hydrogen-bond donors (Lipinski definition) is 0. The van der Waals surface area contributed by atoms with Gasteiger partial charge in [-0.3, -0.25) is 4.68 Å². The van der Waals surface area contributed by atoms with E-state index in [0.717, 1.165) is 37.0 Å². The lowest BCUT2D eigenvalue weighted by Gasteiger charge is -2.24. The number of sulfonamides is 1. The molecule has 0 saturated carbocycles. The van der Waals surface area contributed by atoms with Gasteiger partial charge in [-0.1, -0.05) is 12.1 Å². The molecule has 0 spiro atoms. The third-order valence-electron chi connectivity index (χ3n) is 5.43. The first-order valence-electron chi connectivity index (χ1n) is 9.37. The average molecular weight is 391 g/mol. The third-order valence-corrected chi connectivity index (χ3v) is 7.29. The van der Waals surface area contributed by atoms with Crippen LogP contribution in [0.5, 0.6) is 5.75 Å². The molecule has 7 nitrogen and oxygen atoms in total. The standard InChI is InChI=1S/C19H25N3O4S/c1-25-17-5-2-4-15(12-17)19-6-3-9-22(19)27(23,24)18-13-20-21(14-18)16-7-10-26-11-8-16/h2,4-5,12-14,16,19H,3,6-11H2,1H3/t19-/m0/s1. The van der Waals surface area contributed by atoms with Crippen molar-refractivity contribution in [1.29, 1.82) is 0 Å². The Morgan fingerprint density at radius 3 is 2.81 bits per heavy atom. The smallest absolute Gasteiger partial charge is 0.246 e. The van der Waals surface area contributed by atoms with Crippen molar-refractivity contribution < 1.29 is 17.9 Å². The van der Waals surface area contributed by atoms with Crippen LogP contribution in [0.1, 0.15) is 43.3 Å². The maximum Gasteiger partial charge on any atom is 0.246 e. The fraction of sp³-hybridized carbons (Fsp3) is 0.526. The van der Waals surface area contributed by atoms with Crippen LogP contribution in [0.25, 0.3) is 0 Å². The first kappa shape index (κ1) is 18.5.